The first-order chi connectivity index (χ1) is 14.2. The quantitative estimate of drug-likeness (QED) is 0.469. The van der Waals surface area contributed by atoms with Crippen LogP contribution >= 0.6 is 0 Å². The van der Waals surface area contributed by atoms with E-state index in [1.165, 1.54) is 22.8 Å². The Bertz CT molecular complexity index is 1150. The fourth-order valence-electron chi connectivity index (χ4n) is 3.09. The van der Waals surface area contributed by atoms with Gasteiger partial charge in [-0.05, 0) is 30.0 Å². The summed E-state index contributed by atoms with van der Waals surface area (Å²) in [6.07, 6.45) is -0.531. The molecule has 0 radical (unpaired) electrons. The minimum absolute atomic E-state index is 0.0119. The molecule has 2 atom stereocenters. The predicted molar refractivity (Wildman–Crippen MR) is 115 cm³/mol. The number of aromatic nitrogens is 1. The summed E-state index contributed by atoms with van der Waals surface area (Å²) in [5.74, 6) is -0.523. The molecule has 0 spiro atoms. The lowest BCUT2D eigenvalue weighted by Crippen LogP contribution is -2.40. The van der Waals surface area contributed by atoms with Crippen LogP contribution in [0.5, 0.6) is 0 Å². The summed E-state index contributed by atoms with van der Waals surface area (Å²) in [6, 6.07) is 13.2. The highest BCUT2D eigenvalue weighted by molar-refractivity contribution is 7.89. The lowest BCUT2D eigenvalue weighted by atomic mass is 10.0. The molecule has 0 aliphatic rings. The van der Waals surface area contributed by atoms with Crippen LogP contribution in [0.25, 0.3) is 11.1 Å². The van der Waals surface area contributed by atoms with E-state index >= 15 is 0 Å². The van der Waals surface area contributed by atoms with E-state index in [1.54, 1.807) is 0 Å². The SMILES string of the molecule is CC(C)CNS(=O)(=O)c1ccc2c(c1)oc(=O)n2C[C@@H](O)[C@@H](N)Cc1ccccc1. The number of oxazole rings is 1. The van der Waals surface area contributed by atoms with Crippen molar-refractivity contribution in [2.45, 2.75) is 43.9 Å². The van der Waals surface area contributed by atoms with Crippen molar-refractivity contribution in [3.63, 3.8) is 0 Å². The molecule has 9 heteroatoms. The number of sulfonamides is 1. The van der Waals surface area contributed by atoms with E-state index in [2.05, 4.69) is 4.72 Å². The van der Waals surface area contributed by atoms with Crippen molar-refractivity contribution in [1.82, 2.24) is 9.29 Å². The average Bonchev–Trinajstić information content (AvgIpc) is 3.01. The van der Waals surface area contributed by atoms with Gasteiger partial charge in [-0.25, -0.2) is 17.9 Å². The standard InChI is InChI=1S/C21H27N3O5S/c1-14(2)12-23-30(27,28)16-8-9-18-20(11-16)29-21(26)24(18)13-19(25)17(22)10-15-6-4-3-5-7-15/h3-9,11,14,17,19,23,25H,10,12-13,22H2,1-2H3/t17-,19+/m0/s1. The van der Waals surface area contributed by atoms with Gasteiger partial charge in [-0.2, -0.15) is 0 Å². The second-order valence-electron chi connectivity index (χ2n) is 7.77. The third-order valence-corrected chi connectivity index (χ3v) is 6.23. The molecule has 3 aromatic rings. The second kappa shape index (κ2) is 9.13. The Hall–Kier alpha value is -2.46. The largest absolute Gasteiger partial charge is 0.420 e. The minimum Gasteiger partial charge on any atom is -0.408 e. The maximum absolute atomic E-state index is 12.4. The molecule has 0 unspecified atom stereocenters. The van der Waals surface area contributed by atoms with Crippen molar-refractivity contribution in [2.24, 2.45) is 11.7 Å². The van der Waals surface area contributed by atoms with E-state index in [0.29, 0.717) is 18.5 Å². The molecular formula is C21H27N3O5S. The van der Waals surface area contributed by atoms with Gasteiger partial charge in [0.15, 0.2) is 5.58 Å². The van der Waals surface area contributed by atoms with E-state index in [9.17, 15) is 18.3 Å². The van der Waals surface area contributed by atoms with Crippen LogP contribution in [0.4, 0.5) is 0 Å². The van der Waals surface area contributed by atoms with Gasteiger partial charge in [-0.3, -0.25) is 4.57 Å². The first-order valence-corrected chi connectivity index (χ1v) is 11.3. The molecule has 0 saturated heterocycles. The smallest absolute Gasteiger partial charge is 0.408 e. The van der Waals surface area contributed by atoms with E-state index in [-0.39, 0.29) is 22.9 Å². The highest BCUT2D eigenvalue weighted by Crippen LogP contribution is 2.19. The summed E-state index contributed by atoms with van der Waals surface area (Å²) in [5, 5.41) is 10.5. The first kappa shape index (κ1) is 22.2. The summed E-state index contributed by atoms with van der Waals surface area (Å²) < 4.78 is 33.8. The van der Waals surface area contributed by atoms with Gasteiger partial charge < -0.3 is 15.3 Å². The van der Waals surface area contributed by atoms with Crippen molar-refractivity contribution < 1.29 is 17.9 Å². The molecule has 0 aliphatic carbocycles. The lowest BCUT2D eigenvalue weighted by Gasteiger charge is -2.19. The number of hydrogen-bond acceptors (Lipinski definition) is 6. The highest BCUT2D eigenvalue weighted by Gasteiger charge is 2.21. The van der Waals surface area contributed by atoms with Crippen molar-refractivity contribution in [1.29, 1.82) is 0 Å². The highest BCUT2D eigenvalue weighted by atomic mass is 32.2. The number of fused-ring (bicyclic) bond motifs is 1. The Morgan fingerprint density at radius 3 is 2.53 bits per heavy atom. The molecule has 1 aromatic heterocycles. The molecular weight excluding hydrogens is 406 g/mol. The molecule has 0 fully saturated rings. The van der Waals surface area contributed by atoms with Crippen LogP contribution < -0.4 is 16.2 Å². The number of aliphatic hydroxyl groups is 1. The van der Waals surface area contributed by atoms with Crippen LogP contribution in [-0.4, -0.2) is 36.8 Å². The fraction of sp³-hybridized carbons (Fsp3) is 0.381. The van der Waals surface area contributed by atoms with Gasteiger partial charge in [-0.1, -0.05) is 44.2 Å². The summed E-state index contributed by atoms with van der Waals surface area (Å²) in [5.41, 5.74) is 7.63. The van der Waals surface area contributed by atoms with E-state index in [4.69, 9.17) is 10.2 Å². The number of aliphatic hydroxyl groups excluding tert-OH is 1. The third kappa shape index (κ3) is 5.17. The number of hydrogen-bond donors (Lipinski definition) is 3. The molecule has 1 heterocycles. The summed E-state index contributed by atoms with van der Waals surface area (Å²) in [7, 11) is -3.71. The van der Waals surface area contributed by atoms with Crippen molar-refractivity contribution in [3.05, 3.63) is 64.6 Å². The molecule has 0 amide bonds. The zero-order valence-electron chi connectivity index (χ0n) is 17.0. The Morgan fingerprint density at radius 2 is 1.87 bits per heavy atom. The fourth-order valence-corrected chi connectivity index (χ4v) is 4.32. The van der Waals surface area contributed by atoms with Crippen LogP contribution in [0.15, 0.2) is 62.6 Å². The molecule has 8 nitrogen and oxygen atoms in total. The number of nitrogens with zero attached hydrogens (tertiary/aromatic N) is 1. The van der Waals surface area contributed by atoms with Crippen LogP contribution in [0.1, 0.15) is 19.4 Å². The molecule has 4 N–H and O–H groups in total. The van der Waals surface area contributed by atoms with Crippen molar-refractivity contribution in [3.8, 4) is 0 Å². The Morgan fingerprint density at radius 1 is 1.17 bits per heavy atom. The third-order valence-electron chi connectivity index (χ3n) is 4.81. The average molecular weight is 434 g/mol. The zero-order chi connectivity index (χ0) is 21.9. The maximum atomic E-state index is 12.4. The van der Waals surface area contributed by atoms with Gasteiger partial charge in [0.2, 0.25) is 10.0 Å². The number of nitrogens with one attached hydrogen (secondary N) is 1. The van der Waals surface area contributed by atoms with Crippen LogP contribution in [0.3, 0.4) is 0 Å². The summed E-state index contributed by atoms with van der Waals surface area (Å²) in [4.78, 5) is 12.3. The number of benzene rings is 2. The van der Waals surface area contributed by atoms with Crippen LogP contribution in [0, 0.1) is 5.92 Å². The number of nitrogens with two attached hydrogens (primary N) is 1. The summed E-state index contributed by atoms with van der Waals surface area (Å²) >= 11 is 0. The molecule has 3 rings (SSSR count). The minimum atomic E-state index is -3.71. The summed E-state index contributed by atoms with van der Waals surface area (Å²) in [6.45, 7) is 4.05. The van der Waals surface area contributed by atoms with Crippen LogP contribution in [0.2, 0.25) is 0 Å². The van der Waals surface area contributed by atoms with Crippen LogP contribution in [-0.2, 0) is 23.0 Å². The van der Waals surface area contributed by atoms with E-state index < -0.39 is 27.9 Å². The monoisotopic (exact) mass is 433 g/mol. The van der Waals surface area contributed by atoms with Crippen molar-refractivity contribution >= 4 is 21.1 Å². The predicted octanol–water partition coefficient (Wildman–Crippen LogP) is 1.46. The Labute approximate surface area is 175 Å². The van der Waals surface area contributed by atoms with E-state index in [0.717, 1.165) is 5.56 Å². The zero-order valence-corrected chi connectivity index (χ0v) is 17.8. The molecule has 2 aromatic carbocycles. The normalized spacial score (nSPS) is 14.3. The van der Waals surface area contributed by atoms with Gasteiger partial charge in [0.25, 0.3) is 0 Å². The molecule has 162 valence electrons. The Kier molecular flexibility index (Phi) is 6.77. The molecule has 0 aliphatic heterocycles. The topological polar surface area (TPSA) is 128 Å². The molecule has 0 bridgehead atoms. The maximum Gasteiger partial charge on any atom is 0.420 e. The molecule has 30 heavy (non-hydrogen) atoms. The molecule has 0 saturated carbocycles. The lowest BCUT2D eigenvalue weighted by molar-refractivity contribution is 0.123. The number of rotatable bonds is 9. The van der Waals surface area contributed by atoms with E-state index in [1.807, 2.05) is 44.2 Å². The first-order valence-electron chi connectivity index (χ1n) is 9.78. The van der Waals surface area contributed by atoms with Gasteiger partial charge in [-0.15, -0.1) is 0 Å². The van der Waals surface area contributed by atoms with Crippen molar-refractivity contribution in [2.75, 3.05) is 6.54 Å². The second-order valence-corrected chi connectivity index (χ2v) is 9.54. The van der Waals surface area contributed by atoms with Gasteiger partial charge >= 0.3 is 5.76 Å². The van der Waals surface area contributed by atoms with Gasteiger partial charge in [0.1, 0.15) is 0 Å². The van der Waals surface area contributed by atoms with Gasteiger partial charge in [0, 0.05) is 18.7 Å². The van der Waals surface area contributed by atoms with Gasteiger partial charge in [0.05, 0.1) is 23.1 Å². The Balaban J connectivity index is 1.80.